The van der Waals surface area contributed by atoms with Crippen LogP contribution in [0, 0.1) is 5.41 Å². The van der Waals surface area contributed by atoms with Gasteiger partial charge in [-0.3, -0.25) is 0 Å². The first-order valence-electron chi connectivity index (χ1n) is 8.59. The van der Waals surface area contributed by atoms with Crippen LogP contribution in [0.3, 0.4) is 0 Å². The zero-order chi connectivity index (χ0) is 16.7. The first-order chi connectivity index (χ1) is 11.0. The molecule has 0 atom stereocenters. The van der Waals surface area contributed by atoms with Crippen molar-refractivity contribution in [1.29, 1.82) is 0 Å². The van der Waals surface area contributed by atoms with E-state index in [-0.39, 0.29) is 6.61 Å². The minimum Gasteiger partial charge on any atom is -0.396 e. The quantitative estimate of drug-likeness (QED) is 0.750. The maximum atomic E-state index is 8.86. The van der Waals surface area contributed by atoms with Crippen molar-refractivity contribution >= 4 is 0 Å². The smallest absolute Gasteiger partial charge is 0.0832 e. The Hall–Kier alpha value is -1.68. The second-order valence-electron chi connectivity index (χ2n) is 7.42. The molecule has 1 N–H and O–H groups in total. The van der Waals surface area contributed by atoms with Crippen molar-refractivity contribution in [2.24, 2.45) is 5.41 Å². The third-order valence-corrected chi connectivity index (χ3v) is 3.97. The number of aryl methyl sites for hydroxylation is 2. The van der Waals surface area contributed by atoms with E-state index in [1.54, 1.807) is 4.68 Å². The zero-order valence-electron chi connectivity index (χ0n) is 14.6. The van der Waals surface area contributed by atoms with Gasteiger partial charge in [-0.15, -0.1) is 5.10 Å². The number of unbranched alkanes of at least 4 members (excludes halogenated alkanes) is 1. The summed E-state index contributed by atoms with van der Waals surface area (Å²) in [5, 5.41) is 17.2. The number of benzene rings is 1. The minimum absolute atomic E-state index is 0.191. The highest BCUT2D eigenvalue weighted by Gasteiger charge is 2.09. The zero-order valence-corrected chi connectivity index (χ0v) is 14.6. The number of aliphatic hydroxyl groups is 1. The highest BCUT2D eigenvalue weighted by Crippen LogP contribution is 2.22. The van der Waals surface area contributed by atoms with E-state index in [9.17, 15) is 0 Å². The van der Waals surface area contributed by atoms with E-state index in [2.05, 4.69) is 55.3 Å². The lowest BCUT2D eigenvalue weighted by molar-refractivity contribution is 0.288. The summed E-state index contributed by atoms with van der Waals surface area (Å²) in [4.78, 5) is 0. The maximum Gasteiger partial charge on any atom is 0.0832 e. The van der Waals surface area contributed by atoms with E-state index in [0.717, 1.165) is 30.6 Å². The molecule has 2 aromatic rings. The van der Waals surface area contributed by atoms with E-state index in [1.807, 2.05) is 6.20 Å². The SMILES string of the molecule is CC(C)(C)CCCCc1ccc(-n2cc(CCCO)nn2)cc1. The molecule has 0 aliphatic rings. The van der Waals surface area contributed by atoms with Gasteiger partial charge >= 0.3 is 0 Å². The summed E-state index contributed by atoms with van der Waals surface area (Å²) < 4.78 is 1.80. The lowest BCUT2D eigenvalue weighted by Gasteiger charge is -2.17. The molecule has 23 heavy (non-hydrogen) atoms. The predicted octanol–water partition coefficient (Wildman–Crippen LogP) is 3.95. The summed E-state index contributed by atoms with van der Waals surface area (Å²) in [6, 6.07) is 8.57. The Morgan fingerprint density at radius 3 is 2.39 bits per heavy atom. The summed E-state index contributed by atoms with van der Waals surface area (Å²) in [6.45, 7) is 7.09. The van der Waals surface area contributed by atoms with Gasteiger partial charge in [0.1, 0.15) is 0 Å². The van der Waals surface area contributed by atoms with E-state index in [1.165, 1.54) is 24.8 Å². The van der Waals surface area contributed by atoms with Crippen molar-refractivity contribution in [1.82, 2.24) is 15.0 Å². The molecule has 0 aliphatic carbocycles. The Bertz CT molecular complexity index is 581. The molecule has 0 saturated heterocycles. The largest absolute Gasteiger partial charge is 0.396 e. The lowest BCUT2D eigenvalue weighted by Crippen LogP contribution is -2.04. The Morgan fingerprint density at radius 2 is 1.74 bits per heavy atom. The monoisotopic (exact) mass is 315 g/mol. The normalized spacial score (nSPS) is 11.8. The summed E-state index contributed by atoms with van der Waals surface area (Å²) in [5.41, 5.74) is 3.77. The van der Waals surface area contributed by atoms with Gasteiger partial charge < -0.3 is 5.11 Å². The van der Waals surface area contributed by atoms with Gasteiger partial charge in [-0.2, -0.15) is 0 Å². The van der Waals surface area contributed by atoms with Crippen molar-refractivity contribution in [3.05, 3.63) is 41.7 Å². The molecule has 1 aromatic heterocycles. The van der Waals surface area contributed by atoms with Crippen LogP contribution in [-0.4, -0.2) is 26.7 Å². The molecule has 1 aromatic carbocycles. The molecule has 0 spiro atoms. The van der Waals surface area contributed by atoms with Gasteiger partial charge in [0.2, 0.25) is 0 Å². The van der Waals surface area contributed by atoms with Gasteiger partial charge in [0.25, 0.3) is 0 Å². The lowest BCUT2D eigenvalue weighted by atomic mass is 9.89. The average molecular weight is 315 g/mol. The van der Waals surface area contributed by atoms with Crippen LogP contribution in [0.1, 0.15) is 57.7 Å². The summed E-state index contributed by atoms with van der Waals surface area (Å²) in [5.74, 6) is 0. The first-order valence-corrected chi connectivity index (χ1v) is 8.59. The fourth-order valence-corrected chi connectivity index (χ4v) is 2.60. The summed E-state index contributed by atoms with van der Waals surface area (Å²) in [7, 11) is 0. The number of aromatic nitrogens is 3. The Balaban J connectivity index is 1.85. The number of aliphatic hydroxyl groups excluding tert-OH is 1. The van der Waals surface area contributed by atoms with Gasteiger partial charge in [0.15, 0.2) is 0 Å². The number of hydrogen-bond acceptors (Lipinski definition) is 3. The Morgan fingerprint density at radius 1 is 1.00 bits per heavy atom. The third-order valence-electron chi connectivity index (χ3n) is 3.97. The van der Waals surface area contributed by atoms with Crippen LogP contribution < -0.4 is 0 Å². The molecule has 0 radical (unpaired) electrons. The molecule has 4 heteroatoms. The second-order valence-corrected chi connectivity index (χ2v) is 7.42. The van der Waals surface area contributed by atoms with Crippen LogP contribution in [0.2, 0.25) is 0 Å². The van der Waals surface area contributed by atoms with Crippen LogP contribution in [-0.2, 0) is 12.8 Å². The van der Waals surface area contributed by atoms with Gasteiger partial charge in [-0.05, 0) is 55.2 Å². The standard InChI is InChI=1S/C19H29N3O/c1-19(2,3)13-5-4-7-16-9-11-18(12-10-16)22-15-17(20-21-22)8-6-14-23/h9-12,15,23H,4-8,13-14H2,1-3H3. The van der Waals surface area contributed by atoms with Crippen molar-refractivity contribution in [2.45, 2.75) is 59.3 Å². The van der Waals surface area contributed by atoms with Crippen LogP contribution in [0.4, 0.5) is 0 Å². The third kappa shape index (κ3) is 6.14. The highest BCUT2D eigenvalue weighted by atomic mass is 16.2. The molecule has 4 nitrogen and oxygen atoms in total. The minimum atomic E-state index is 0.191. The van der Waals surface area contributed by atoms with Gasteiger partial charge in [-0.1, -0.05) is 44.5 Å². The van der Waals surface area contributed by atoms with Crippen molar-refractivity contribution in [3.8, 4) is 5.69 Å². The van der Waals surface area contributed by atoms with Crippen LogP contribution in [0.5, 0.6) is 0 Å². The second kappa shape index (κ2) is 8.25. The van der Waals surface area contributed by atoms with E-state index < -0.39 is 0 Å². The number of hydrogen-bond donors (Lipinski definition) is 1. The predicted molar refractivity (Wildman–Crippen MR) is 93.8 cm³/mol. The average Bonchev–Trinajstić information content (AvgIpc) is 2.98. The van der Waals surface area contributed by atoms with Crippen LogP contribution >= 0.6 is 0 Å². The summed E-state index contributed by atoms with van der Waals surface area (Å²) >= 11 is 0. The fraction of sp³-hybridized carbons (Fsp3) is 0.579. The first kappa shape index (κ1) is 17.7. The molecular formula is C19H29N3O. The topological polar surface area (TPSA) is 50.9 Å². The van der Waals surface area contributed by atoms with Gasteiger partial charge in [-0.25, -0.2) is 4.68 Å². The molecule has 126 valence electrons. The molecule has 0 bridgehead atoms. The highest BCUT2D eigenvalue weighted by molar-refractivity contribution is 5.33. The molecule has 0 amide bonds. The van der Waals surface area contributed by atoms with Crippen LogP contribution in [0.15, 0.2) is 30.5 Å². The fourth-order valence-electron chi connectivity index (χ4n) is 2.60. The molecular weight excluding hydrogens is 286 g/mol. The van der Waals surface area contributed by atoms with Crippen molar-refractivity contribution < 1.29 is 5.11 Å². The molecule has 0 saturated carbocycles. The van der Waals surface area contributed by atoms with Crippen molar-refractivity contribution in [3.63, 3.8) is 0 Å². The molecule has 2 rings (SSSR count). The molecule has 0 unspecified atom stereocenters. The van der Waals surface area contributed by atoms with E-state index in [4.69, 9.17) is 5.11 Å². The van der Waals surface area contributed by atoms with E-state index in [0.29, 0.717) is 5.41 Å². The number of nitrogens with zero attached hydrogens (tertiary/aromatic N) is 3. The Labute approximate surface area is 139 Å². The van der Waals surface area contributed by atoms with Gasteiger partial charge in [0.05, 0.1) is 17.6 Å². The maximum absolute atomic E-state index is 8.86. The Kier molecular flexibility index (Phi) is 6.34. The molecule has 0 fully saturated rings. The van der Waals surface area contributed by atoms with Crippen LogP contribution in [0.25, 0.3) is 5.69 Å². The summed E-state index contributed by atoms with van der Waals surface area (Å²) in [6.07, 6.45) is 8.37. The molecule has 1 heterocycles. The van der Waals surface area contributed by atoms with Crippen molar-refractivity contribution in [2.75, 3.05) is 6.61 Å². The molecule has 0 aliphatic heterocycles. The number of rotatable bonds is 8. The van der Waals surface area contributed by atoms with Gasteiger partial charge in [0, 0.05) is 6.61 Å². The van der Waals surface area contributed by atoms with E-state index >= 15 is 0 Å².